The van der Waals surface area contributed by atoms with E-state index in [1.807, 2.05) is 55.5 Å². The number of para-hydroxylation sites is 1. The van der Waals surface area contributed by atoms with Crippen molar-refractivity contribution in [1.82, 2.24) is 20.2 Å². The summed E-state index contributed by atoms with van der Waals surface area (Å²) in [6, 6.07) is 15.9. The van der Waals surface area contributed by atoms with Crippen molar-refractivity contribution in [2.75, 3.05) is 17.2 Å². The number of hydrogen-bond donors (Lipinski definition) is 0. The van der Waals surface area contributed by atoms with E-state index in [9.17, 15) is 4.79 Å². The van der Waals surface area contributed by atoms with E-state index in [1.54, 1.807) is 16.7 Å². The molecule has 0 saturated heterocycles. The Balaban J connectivity index is 1.52. The SMILES string of the molecule is Cc1ccc(-c2nnn(CC(=O)N3CCSc4ccccc43)n2)cc1. The normalized spacial score (nSPS) is 13.6. The lowest BCUT2D eigenvalue weighted by atomic mass is 10.1. The number of aromatic nitrogens is 4. The maximum Gasteiger partial charge on any atom is 0.250 e. The fraction of sp³-hybridized carbons (Fsp3) is 0.222. The van der Waals surface area contributed by atoms with Crippen LogP contribution in [0.15, 0.2) is 53.4 Å². The summed E-state index contributed by atoms with van der Waals surface area (Å²) in [5, 5.41) is 12.4. The van der Waals surface area contributed by atoms with E-state index in [0.717, 1.165) is 21.9 Å². The van der Waals surface area contributed by atoms with Crippen molar-refractivity contribution in [3.63, 3.8) is 0 Å². The second kappa shape index (κ2) is 6.68. The largest absolute Gasteiger partial charge is 0.309 e. The molecule has 0 bridgehead atoms. The second-order valence-corrected chi connectivity index (χ2v) is 7.01. The van der Waals surface area contributed by atoms with Crippen LogP contribution in [0.1, 0.15) is 5.56 Å². The Morgan fingerprint density at radius 2 is 1.96 bits per heavy atom. The lowest BCUT2D eigenvalue weighted by Crippen LogP contribution is -2.38. The van der Waals surface area contributed by atoms with E-state index in [0.29, 0.717) is 12.4 Å². The quantitative estimate of drug-likeness (QED) is 0.726. The van der Waals surface area contributed by atoms with Gasteiger partial charge < -0.3 is 4.90 Å². The molecule has 3 aromatic rings. The summed E-state index contributed by atoms with van der Waals surface area (Å²) in [5.41, 5.74) is 3.03. The summed E-state index contributed by atoms with van der Waals surface area (Å²) in [6.07, 6.45) is 0. The summed E-state index contributed by atoms with van der Waals surface area (Å²) in [4.78, 5) is 17.0. The topological polar surface area (TPSA) is 63.9 Å². The van der Waals surface area contributed by atoms with E-state index >= 15 is 0 Å². The number of nitrogens with zero attached hydrogens (tertiary/aromatic N) is 5. The van der Waals surface area contributed by atoms with Crippen molar-refractivity contribution in [2.45, 2.75) is 18.4 Å². The third-order valence-electron chi connectivity index (χ3n) is 4.07. The van der Waals surface area contributed by atoms with Crippen molar-refractivity contribution in [1.29, 1.82) is 0 Å². The predicted octanol–water partition coefficient (Wildman–Crippen LogP) is 2.79. The Hall–Kier alpha value is -2.67. The van der Waals surface area contributed by atoms with E-state index in [1.165, 1.54) is 10.4 Å². The molecule has 126 valence electrons. The lowest BCUT2D eigenvalue weighted by molar-refractivity contribution is -0.119. The molecular weight excluding hydrogens is 334 g/mol. The molecule has 4 rings (SSSR count). The molecular formula is C18H17N5OS. The number of rotatable bonds is 3. The molecule has 2 heterocycles. The third-order valence-corrected chi connectivity index (χ3v) is 5.11. The first-order valence-corrected chi connectivity index (χ1v) is 9.06. The highest BCUT2D eigenvalue weighted by atomic mass is 32.2. The van der Waals surface area contributed by atoms with E-state index < -0.39 is 0 Å². The average Bonchev–Trinajstić information content (AvgIpc) is 3.10. The third kappa shape index (κ3) is 3.28. The molecule has 7 heteroatoms. The zero-order valence-electron chi connectivity index (χ0n) is 13.8. The lowest BCUT2D eigenvalue weighted by Gasteiger charge is -2.28. The van der Waals surface area contributed by atoms with Gasteiger partial charge in [-0.15, -0.1) is 22.0 Å². The predicted molar refractivity (Wildman–Crippen MR) is 97.5 cm³/mol. The number of thioether (sulfide) groups is 1. The molecule has 1 amide bonds. The number of anilines is 1. The molecule has 0 N–H and O–H groups in total. The van der Waals surface area contributed by atoms with Crippen LogP contribution < -0.4 is 4.90 Å². The van der Waals surface area contributed by atoms with Crippen LogP contribution in [-0.2, 0) is 11.3 Å². The Morgan fingerprint density at radius 1 is 1.16 bits per heavy atom. The Labute approximate surface area is 149 Å². The van der Waals surface area contributed by atoms with Crippen LogP contribution in [0.5, 0.6) is 0 Å². The first-order chi connectivity index (χ1) is 12.2. The standard InChI is InChI=1S/C18H17N5OS/c1-13-6-8-14(9-7-13)18-19-21-23(20-18)12-17(24)22-10-11-25-16-5-3-2-4-15(16)22/h2-9H,10-12H2,1H3. The molecule has 1 aliphatic rings. The Morgan fingerprint density at radius 3 is 2.80 bits per heavy atom. The van der Waals surface area contributed by atoms with Gasteiger partial charge in [-0.2, -0.15) is 4.80 Å². The summed E-state index contributed by atoms with van der Waals surface area (Å²) in [5.74, 6) is 1.39. The summed E-state index contributed by atoms with van der Waals surface area (Å²) in [7, 11) is 0. The van der Waals surface area contributed by atoms with Gasteiger partial charge in [0.05, 0.1) is 5.69 Å². The van der Waals surface area contributed by atoms with Gasteiger partial charge in [-0.3, -0.25) is 4.79 Å². The number of hydrogen-bond acceptors (Lipinski definition) is 5. The van der Waals surface area contributed by atoms with Gasteiger partial charge in [-0.25, -0.2) is 0 Å². The summed E-state index contributed by atoms with van der Waals surface area (Å²) < 4.78 is 0. The maximum absolute atomic E-state index is 12.7. The second-order valence-electron chi connectivity index (χ2n) is 5.87. The monoisotopic (exact) mass is 351 g/mol. The van der Waals surface area contributed by atoms with Gasteiger partial charge in [-0.1, -0.05) is 42.0 Å². The smallest absolute Gasteiger partial charge is 0.250 e. The fourth-order valence-electron chi connectivity index (χ4n) is 2.76. The summed E-state index contributed by atoms with van der Waals surface area (Å²) >= 11 is 1.77. The van der Waals surface area contributed by atoms with E-state index in [4.69, 9.17) is 0 Å². The highest BCUT2D eigenvalue weighted by Gasteiger charge is 2.23. The molecule has 0 aliphatic carbocycles. The van der Waals surface area contributed by atoms with Crippen LogP contribution in [0.3, 0.4) is 0 Å². The van der Waals surface area contributed by atoms with Gasteiger partial charge in [0.25, 0.3) is 5.91 Å². The highest BCUT2D eigenvalue weighted by Crippen LogP contribution is 2.34. The average molecular weight is 351 g/mol. The zero-order chi connectivity index (χ0) is 17.2. The van der Waals surface area contributed by atoms with Crippen LogP contribution >= 0.6 is 11.8 Å². The van der Waals surface area contributed by atoms with Gasteiger partial charge in [0.1, 0.15) is 6.54 Å². The minimum atomic E-state index is -0.0272. The highest BCUT2D eigenvalue weighted by molar-refractivity contribution is 7.99. The van der Waals surface area contributed by atoms with Crippen LogP contribution in [0.2, 0.25) is 0 Å². The van der Waals surface area contributed by atoms with Crippen molar-refractivity contribution < 1.29 is 4.79 Å². The molecule has 25 heavy (non-hydrogen) atoms. The van der Waals surface area contributed by atoms with Gasteiger partial charge in [0, 0.05) is 22.8 Å². The molecule has 1 aliphatic heterocycles. The molecule has 6 nitrogen and oxygen atoms in total. The van der Waals surface area contributed by atoms with Crippen molar-refractivity contribution >= 4 is 23.4 Å². The van der Waals surface area contributed by atoms with Crippen molar-refractivity contribution in [3.05, 3.63) is 54.1 Å². The van der Waals surface area contributed by atoms with Crippen LogP contribution in [-0.4, -0.2) is 38.4 Å². The first-order valence-electron chi connectivity index (χ1n) is 8.08. The van der Waals surface area contributed by atoms with Crippen LogP contribution in [0.4, 0.5) is 5.69 Å². The molecule has 0 saturated carbocycles. The molecule has 0 fully saturated rings. The molecule has 0 radical (unpaired) electrons. The zero-order valence-corrected chi connectivity index (χ0v) is 14.6. The van der Waals surface area contributed by atoms with Gasteiger partial charge in [0.2, 0.25) is 5.82 Å². The van der Waals surface area contributed by atoms with E-state index in [-0.39, 0.29) is 12.5 Å². The molecule has 0 spiro atoms. The van der Waals surface area contributed by atoms with Gasteiger partial charge >= 0.3 is 0 Å². The first kappa shape index (κ1) is 15.8. The van der Waals surface area contributed by atoms with E-state index in [2.05, 4.69) is 15.4 Å². The fourth-order valence-corrected chi connectivity index (χ4v) is 3.76. The molecule has 2 aromatic carbocycles. The number of fused-ring (bicyclic) bond motifs is 1. The number of benzene rings is 2. The number of carbonyl (C=O) groups is 1. The Kier molecular flexibility index (Phi) is 4.23. The van der Waals surface area contributed by atoms with Gasteiger partial charge in [0.15, 0.2) is 0 Å². The molecule has 1 aromatic heterocycles. The molecule has 0 atom stereocenters. The number of aryl methyl sites for hydroxylation is 1. The Bertz CT molecular complexity index is 906. The van der Waals surface area contributed by atoms with Crippen molar-refractivity contribution in [3.8, 4) is 11.4 Å². The number of carbonyl (C=O) groups excluding carboxylic acids is 1. The molecule has 0 unspecified atom stereocenters. The van der Waals surface area contributed by atoms with Crippen LogP contribution in [0, 0.1) is 6.92 Å². The summed E-state index contributed by atoms with van der Waals surface area (Å²) in [6.45, 7) is 2.80. The van der Waals surface area contributed by atoms with Crippen LogP contribution in [0.25, 0.3) is 11.4 Å². The van der Waals surface area contributed by atoms with Crippen molar-refractivity contribution in [2.24, 2.45) is 0 Å². The minimum absolute atomic E-state index is 0.0272. The number of amides is 1. The maximum atomic E-state index is 12.7. The van der Waals surface area contributed by atoms with Gasteiger partial charge in [-0.05, 0) is 24.3 Å². The minimum Gasteiger partial charge on any atom is -0.309 e. The number of tetrazole rings is 1.